The fourth-order valence-corrected chi connectivity index (χ4v) is 2.19. The van der Waals surface area contributed by atoms with E-state index in [1.807, 2.05) is 24.3 Å². The van der Waals surface area contributed by atoms with Gasteiger partial charge in [-0.15, -0.1) is 12.6 Å². The maximum atomic E-state index is 11.7. The predicted octanol–water partition coefficient (Wildman–Crippen LogP) is 1.58. The molecule has 94 valence electrons. The lowest BCUT2D eigenvalue weighted by molar-refractivity contribution is -0.120. The van der Waals surface area contributed by atoms with Crippen LogP contribution in [-0.2, 0) is 17.8 Å². The molecule has 18 heavy (non-hydrogen) atoms. The second-order valence-corrected chi connectivity index (χ2v) is 5.15. The summed E-state index contributed by atoms with van der Waals surface area (Å²) in [4.78, 5) is 26.0. The molecule has 1 aromatic heterocycles. The van der Waals surface area contributed by atoms with Crippen molar-refractivity contribution in [1.82, 2.24) is 10.3 Å². The summed E-state index contributed by atoms with van der Waals surface area (Å²) in [6.45, 7) is 0.349. The molecule has 6 heteroatoms. The van der Waals surface area contributed by atoms with Crippen LogP contribution < -0.4 is 10.2 Å². The molecule has 4 nitrogen and oxygen atoms in total. The number of carbonyl (C=O) groups excluding carboxylic acids is 1. The van der Waals surface area contributed by atoms with E-state index < -0.39 is 0 Å². The summed E-state index contributed by atoms with van der Waals surface area (Å²) in [6.07, 6.45) is 0.322. The van der Waals surface area contributed by atoms with Gasteiger partial charge in [-0.1, -0.05) is 23.5 Å². The Balaban J connectivity index is 1.85. The highest BCUT2D eigenvalue weighted by atomic mass is 32.1. The smallest absolute Gasteiger partial charge is 0.304 e. The minimum absolute atomic E-state index is 0.0750. The van der Waals surface area contributed by atoms with Gasteiger partial charge in [-0.25, -0.2) is 0 Å². The number of nitrogens with one attached hydrogen (secondary N) is 2. The zero-order valence-electron chi connectivity index (χ0n) is 9.47. The summed E-state index contributed by atoms with van der Waals surface area (Å²) in [5.41, 5.74) is 1.66. The lowest BCUT2D eigenvalue weighted by atomic mass is 10.1. The Morgan fingerprint density at radius 3 is 2.67 bits per heavy atom. The van der Waals surface area contributed by atoms with Crippen LogP contribution >= 0.6 is 24.0 Å². The van der Waals surface area contributed by atoms with Gasteiger partial charge < -0.3 is 10.3 Å². The third-order valence-electron chi connectivity index (χ3n) is 2.35. The Morgan fingerprint density at radius 2 is 2.06 bits per heavy atom. The van der Waals surface area contributed by atoms with E-state index >= 15 is 0 Å². The van der Waals surface area contributed by atoms with Crippen molar-refractivity contribution >= 4 is 29.9 Å². The molecule has 2 N–H and O–H groups in total. The first kappa shape index (κ1) is 12.9. The lowest BCUT2D eigenvalue weighted by Gasteiger charge is -2.04. The number of carbonyl (C=O) groups is 1. The zero-order chi connectivity index (χ0) is 13.0. The van der Waals surface area contributed by atoms with Crippen LogP contribution in [0.25, 0.3) is 0 Å². The van der Waals surface area contributed by atoms with E-state index in [-0.39, 0.29) is 10.8 Å². The maximum absolute atomic E-state index is 11.7. The van der Waals surface area contributed by atoms with E-state index in [1.54, 1.807) is 5.38 Å². The van der Waals surface area contributed by atoms with Crippen LogP contribution in [0, 0.1) is 0 Å². The molecule has 2 rings (SSSR count). The molecule has 0 spiro atoms. The van der Waals surface area contributed by atoms with Gasteiger partial charge in [0.25, 0.3) is 0 Å². The van der Waals surface area contributed by atoms with Crippen LogP contribution in [0.3, 0.4) is 0 Å². The third-order valence-corrected chi connectivity index (χ3v) is 3.36. The summed E-state index contributed by atoms with van der Waals surface area (Å²) in [5, 5.41) is 4.46. The number of amides is 1. The molecule has 1 heterocycles. The summed E-state index contributed by atoms with van der Waals surface area (Å²) in [7, 11) is 0. The molecule has 0 saturated heterocycles. The standard InChI is InChI=1S/C12H12N2O2S2/c15-11(5-8-1-3-10(17)4-2-8)13-6-9-7-18-12(16)14-9/h1-4,7,17H,5-6H2,(H,13,15)(H,14,16). The lowest BCUT2D eigenvalue weighted by Crippen LogP contribution is -2.24. The molecule has 0 radical (unpaired) electrons. The number of H-pyrrole nitrogens is 1. The predicted molar refractivity (Wildman–Crippen MR) is 74.2 cm³/mol. The van der Waals surface area contributed by atoms with Crippen molar-refractivity contribution in [3.8, 4) is 0 Å². The molecule has 1 aromatic carbocycles. The molecule has 1 amide bonds. The summed E-state index contributed by atoms with van der Waals surface area (Å²) in [6, 6.07) is 7.44. The first-order chi connectivity index (χ1) is 8.63. The molecule has 0 aliphatic rings. The Kier molecular flexibility index (Phi) is 4.22. The fraction of sp³-hybridized carbons (Fsp3) is 0.167. The van der Waals surface area contributed by atoms with Crippen LogP contribution in [0.4, 0.5) is 0 Å². The Hall–Kier alpha value is -1.53. The molecular formula is C12H12N2O2S2. The number of benzene rings is 1. The molecule has 0 bridgehead atoms. The van der Waals surface area contributed by atoms with E-state index in [0.717, 1.165) is 27.5 Å². The molecule has 2 aromatic rings. The zero-order valence-corrected chi connectivity index (χ0v) is 11.2. The number of aromatic nitrogens is 1. The minimum Gasteiger partial charge on any atom is -0.350 e. The second-order valence-electron chi connectivity index (χ2n) is 3.79. The molecule has 0 unspecified atom stereocenters. The van der Waals surface area contributed by atoms with Gasteiger partial charge in [-0.05, 0) is 17.7 Å². The molecular weight excluding hydrogens is 268 g/mol. The van der Waals surface area contributed by atoms with Gasteiger partial charge in [0.05, 0.1) is 13.0 Å². The third kappa shape index (κ3) is 3.75. The average molecular weight is 280 g/mol. The summed E-state index contributed by atoms with van der Waals surface area (Å²) >= 11 is 5.27. The van der Waals surface area contributed by atoms with E-state index in [4.69, 9.17) is 0 Å². The molecule has 0 aliphatic carbocycles. The monoisotopic (exact) mass is 280 g/mol. The van der Waals surface area contributed by atoms with Gasteiger partial charge in [0.1, 0.15) is 0 Å². The van der Waals surface area contributed by atoms with Crippen LogP contribution in [0.15, 0.2) is 39.3 Å². The minimum atomic E-state index is -0.108. The summed E-state index contributed by atoms with van der Waals surface area (Å²) < 4.78 is 0. The molecule has 0 aliphatic heterocycles. The number of rotatable bonds is 4. The van der Waals surface area contributed by atoms with Crippen LogP contribution in [0.5, 0.6) is 0 Å². The van der Waals surface area contributed by atoms with E-state index in [9.17, 15) is 9.59 Å². The normalized spacial score (nSPS) is 10.3. The van der Waals surface area contributed by atoms with Gasteiger partial charge >= 0.3 is 4.87 Å². The van der Waals surface area contributed by atoms with Crippen LogP contribution in [-0.4, -0.2) is 10.9 Å². The highest BCUT2D eigenvalue weighted by Crippen LogP contribution is 2.08. The molecule has 0 saturated carbocycles. The van der Waals surface area contributed by atoms with Crippen molar-refractivity contribution in [2.75, 3.05) is 0 Å². The summed E-state index contributed by atoms with van der Waals surface area (Å²) in [5.74, 6) is -0.0750. The van der Waals surface area contributed by atoms with Crippen molar-refractivity contribution in [1.29, 1.82) is 0 Å². The molecule has 0 fully saturated rings. The van der Waals surface area contributed by atoms with Crippen molar-refractivity contribution in [3.05, 3.63) is 50.6 Å². The van der Waals surface area contributed by atoms with Gasteiger partial charge in [0, 0.05) is 16.0 Å². The highest BCUT2D eigenvalue weighted by molar-refractivity contribution is 7.80. The Bertz CT molecular complexity index is 587. The topological polar surface area (TPSA) is 62.0 Å². The van der Waals surface area contributed by atoms with E-state index in [0.29, 0.717) is 13.0 Å². The van der Waals surface area contributed by atoms with E-state index in [2.05, 4.69) is 22.9 Å². The van der Waals surface area contributed by atoms with Gasteiger partial charge in [0.2, 0.25) is 5.91 Å². The first-order valence-electron chi connectivity index (χ1n) is 5.35. The van der Waals surface area contributed by atoms with Crippen molar-refractivity contribution in [3.63, 3.8) is 0 Å². The number of aromatic amines is 1. The number of hydrogen-bond donors (Lipinski definition) is 3. The maximum Gasteiger partial charge on any atom is 0.304 e. The highest BCUT2D eigenvalue weighted by Gasteiger charge is 2.04. The van der Waals surface area contributed by atoms with Crippen LogP contribution in [0.2, 0.25) is 0 Å². The van der Waals surface area contributed by atoms with Gasteiger partial charge in [-0.2, -0.15) is 0 Å². The van der Waals surface area contributed by atoms with Gasteiger partial charge in [0.15, 0.2) is 0 Å². The Labute approximate surface area is 113 Å². The quantitative estimate of drug-likeness (QED) is 0.745. The van der Waals surface area contributed by atoms with Crippen molar-refractivity contribution in [2.24, 2.45) is 0 Å². The largest absolute Gasteiger partial charge is 0.350 e. The SMILES string of the molecule is O=C(Cc1ccc(S)cc1)NCc1csc(=O)[nH]1. The fourth-order valence-electron chi connectivity index (χ4n) is 1.46. The van der Waals surface area contributed by atoms with E-state index in [1.165, 1.54) is 0 Å². The number of thiol groups is 1. The first-order valence-corrected chi connectivity index (χ1v) is 6.67. The van der Waals surface area contributed by atoms with Crippen LogP contribution in [0.1, 0.15) is 11.3 Å². The molecule has 0 atom stereocenters. The number of hydrogen-bond acceptors (Lipinski definition) is 4. The van der Waals surface area contributed by atoms with Gasteiger partial charge in [-0.3, -0.25) is 9.59 Å². The second kappa shape index (κ2) is 5.88. The average Bonchev–Trinajstić information content (AvgIpc) is 2.76. The Morgan fingerprint density at radius 1 is 1.33 bits per heavy atom. The van der Waals surface area contributed by atoms with Crippen molar-refractivity contribution < 1.29 is 4.79 Å². The number of thiazole rings is 1. The van der Waals surface area contributed by atoms with Crippen molar-refractivity contribution in [2.45, 2.75) is 17.9 Å².